The molecule has 0 aromatic heterocycles. The summed E-state index contributed by atoms with van der Waals surface area (Å²) in [6, 6.07) is 14.7. The molecule has 2 aromatic rings. The maximum Gasteiger partial charge on any atom is 0.0457 e. The third-order valence-electron chi connectivity index (χ3n) is 2.97. The summed E-state index contributed by atoms with van der Waals surface area (Å²) in [5, 5.41) is 4.12. The van der Waals surface area contributed by atoms with E-state index < -0.39 is 0 Å². The van der Waals surface area contributed by atoms with E-state index >= 15 is 0 Å². The van der Waals surface area contributed by atoms with Gasteiger partial charge in [-0.3, -0.25) is 0 Å². The van der Waals surface area contributed by atoms with Crippen LogP contribution in [-0.2, 0) is 6.54 Å². The Labute approximate surface area is 114 Å². The second-order valence-electron chi connectivity index (χ2n) is 4.46. The average Bonchev–Trinajstić information content (AvgIpc) is 2.37. The Morgan fingerprint density at radius 1 is 1.06 bits per heavy atom. The molecule has 1 nitrogen and oxygen atoms in total. The average molecular weight is 260 g/mol. The molecule has 18 heavy (non-hydrogen) atoms. The minimum Gasteiger partial charge on any atom is -0.313 e. The molecule has 0 heterocycles. The quantitative estimate of drug-likeness (QED) is 0.857. The van der Waals surface area contributed by atoms with Gasteiger partial charge in [-0.05, 0) is 36.2 Å². The maximum atomic E-state index is 6.31. The minimum atomic E-state index is 0.823. The van der Waals surface area contributed by atoms with Crippen LogP contribution in [-0.4, -0.2) is 6.54 Å². The molecule has 0 aliphatic rings. The molecule has 2 rings (SSSR count). The number of aryl methyl sites for hydroxylation is 1. The lowest BCUT2D eigenvalue weighted by atomic mass is 10.0. The van der Waals surface area contributed by atoms with Crippen LogP contribution < -0.4 is 5.32 Å². The third-order valence-corrected chi connectivity index (χ3v) is 3.32. The molecule has 0 amide bonds. The number of hydrogen-bond acceptors (Lipinski definition) is 1. The Bertz CT molecular complexity index is 534. The van der Waals surface area contributed by atoms with Crippen molar-refractivity contribution in [1.29, 1.82) is 0 Å². The van der Waals surface area contributed by atoms with Gasteiger partial charge in [-0.25, -0.2) is 0 Å². The normalized spacial score (nSPS) is 10.6. The molecule has 0 fully saturated rings. The zero-order valence-electron chi connectivity index (χ0n) is 10.8. The van der Waals surface area contributed by atoms with Gasteiger partial charge in [-0.15, -0.1) is 0 Å². The Kier molecular flexibility index (Phi) is 4.40. The van der Waals surface area contributed by atoms with E-state index in [2.05, 4.69) is 55.6 Å². The van der Waals surface area contributed by atoms with Crippen molar-refractivity contribution in [3.8, 4) is 11.1 Å². The van der Waals surface area contributed by atoms with Crippen molar-refractivity contribution >= 4 is 11.6 Å². The van der Waals surface area contributed by atoms with Gasteiger partial charge in [0.15, 0.2) is 0 Å². The molecule has 0 aliphatic heterocycles. The SMILES string of the molecule is CCNCc1ccc(-c2cccc(C)c2)cc1Cl. The fraction of sp³-hybridized carbons (Fsp3) is 0.250. The van der Waals surface area contributed by atoms with Crippen LogP contribution in [0.4, 0.5) is 0 Å². The monoisotopic (exact) mass is 259 g/mol. The van der Waals surface area contributed by atoms with Gasteiger partial charge in [0.2, 0.25) is 0 Å². The van der Waals surface area contributed by atoms with Crippen LogP contribution in [0.2, 0.25) is 5.02 Å². The number of benzene rings is 2. The molecule has 94 valence electrons. The van der Waals surface area contributed by atoms with E-state index in [1.165, 1.54) is 16.7 Å². The first-order valence-electron chi connectivity index (χ1n) is 6.27. The summed E-state index contributed by atoms with van der Waals surface area (Å²) in [5.74, 6) is 0. The Hall–Kier alpha value is -1.31. The van der Waals surface area contributed by atoms with Gasteiger partial charge in [-0.2, -0.15) is 0 Å². The first kappa shape index (κ1) is 13.1. The van der Waals surface area contributed by atoms with E-state index in [0.29, 0.717) is 0 Å². The summed E-state index contributed by atoms with van der Waals surface area (Å²) in [4.78, 5) is 0. The lowest BCUT2D eigenvalue weighted by Gasteiger charge is -2.08. The molecule has 2 heteroatoms. The van der Waals surface area contributed by atoms with Gasteiger partial charge < -0.3 is 5.32 Å². The smallest absolute Gasteiger partial charge is 0.0457 e. The second kappa shape index (κ2) is 6.03. The molecule has 1 N–H and O–H groups in total. The molecule has 0 atom stereocenters. The molecular weight excluding hydrogens is 242 g/mol. The van der Waals surface area contributed by atoms with Crippen LogP contribution in [0.15, 0.2) is 42.5 Å². The lowest BCUT2D eigenvalue weighted by molar-refractivity contribution is 0.727. The molecule has 0 aliphatic carbocycles. The summed E-state index contributed by atoms with van der Waals surface area (Å²) in [6.45, 7) is 5.97. The van der Waals surface area contributed by atoms with E-state index in [4.69, 9.17) is 11.6 Å². The van der Waals surface area contributed by atoms with Gasteiger partial charge >= 0.3 is 0 Å². The highest BCUT2D eigenvalue weighted by Gasteiger charge is 2.03. The summed E-state index contributed by atoms with van der Waals surface area (Å²) >= 11 is 6.31. The van der Waals surface area contributed by atoms with E-state index in [1.54, 1.807) is 0 Å². The molecule has 0 radical (unpaired) electrons. The molecule has 0 saturated carbocycles. The fourth-order valence-corrected chi connectivity index (χ4v) is 2.20. The van der Waals surface area contributed by atoms with Gasteiger partial charge in [0.05, 0.1) is 0 Å². The Morgan fingerprint density at radius 3 is 2.50 bits per heavy atom. The highest BCUT2D eigenvalue weighted by atomic mass is 35.5. The van der Waals surface area contributed by atoms with Crippen LogP contribution in [0.25, 0.3) is 11.1 Å². The first-order chi connectivity index (χ1) is 8.70. The van der Waals surface area contributed by atoms with E-state index in [-0.39, 0.29) is 0 Å². The van der Waals surface area contributed by atoms with Gasteiger partial charge in [0, 0.05) is 11.6 Å². The Balaban J connectivity index is 2.28. The number of rotatable bonds is 4. The predicted molar refractivity (Wildman–Crippen MR) is 79.0 cm³/mol. The van der Waals surface area contributed by atoms with Gasteiger partial charge in [0.1, 0.15) is 0 Å². The third kappa shape index (κ3) is 3.12. The zero-order chi connectivity index (χ0) is 13.0. The zero-order valence-corrected chi connectivity index (χ0v) is 11.6. The molecule has 0 saturated heterocycles. The summed E-state index contributed by atoms with van der Waals surface area (Å²) in [5.41, 5.74) is 4.80. The lowest BCUT2D eigenvalue weighted by Crippen LogP contribution is -2.11. The first-order valence-corrected chi connectivity index (χ1v) is 6.64. The highest BCUT2D eigenvalue weighted by Crippen LogP contribution is 2.26. The highest BCUT2D eigenvalue weighted by molar-refractivity contribution is 6.31. The fourth-order valence-electron chi connectivity index (χ4n) is 1.95. The van der Waals surface area contributed by atoms with E-state index in [9.17, 15) is 0 Å². The largest absolute Gasteiger partial charge is 0.313 e. The van der Waals surface area contributed by atoms with Crippen LogP contribution in [0, 0.1) is 6.92 Å². The predicted octanol–water partition coefficient (Wildman–Crippen LogP) is 4.42. The van der Waals surface area contributed by atoms with Crippen molar-refractivity contribution in [3.63, 3.8) is 0 Å². The molecule has 0 unspecified atom stereocenters. The van der Waals surface area contributed by atoms with E-state index in [0.717, 1.165) is 23.7 Å². The molecule has 0 spiro atoms. The summed E-state index contributed by atoms with van der Waals surface area (Å²) in [6.07, 6.45) is 0. The minimum absolute atomic E-state index is 0.823. The molecule has 2 aromatic carbocycles. The number of halogens is 1. The van der Waals surface area contributed by atoms with Crippen molar-refractivity contribution in [2.75, 3.05) is 6.54 Å². The topological polar surface area (TPSA) is 12.0 Å². The van der Waals surface area contributed by atoms with Crippen LogP contribution in [0.1, 0.15) is 18.1 Å². The van der Waals surface area contributed by atoms with Gasteiger partial charge in [0.25, 0.3) is 0 Å². The summed E-state index contributed by atoms with van der Waals surface area (Å²) < 4.78 is 0. The molecular formula is C16H18ClN. The molecule has 0 bridgehead atoms. The second-order valence-corrected chi connectivity index (χ2v) is 4.86. The van der Waals surface area contributed by atoms with Crippen molar-refractivity contribution in [1.82, 2.24) is 5.32 Å². The van der Waals surface area contributed by atoms with Crippen LogP contribution >= 0.6 is 11.6 Å². The van der Waals surface area contributed by atoms with Crippen molar-refractivity contribution in [2.45, 2.75) is 20.4 Å². The standard InChI is InChI=1S/C16H18ClN/c1-3-18-11-15-8-7-14(10-16(15)17)13-6-4-5-12(2)9-13/h4-10,18H,3,11H2,1-2H3. The van der Waals surface area contributed by atoms with Crippen LogP contribution in [0.5, 0.6) is 0 Å². The number of hydrogen-bond donors (Lipinski definition) is 1. The van der Waals surface area contributed by atoms with Gasteiger partial charge in [-0.1, -0.05) is 60.5 Å². The van der Waals surface area contributed by atoms with E-state index in [1.807, 2.05) is 6.07 Å². The summed E-state index contributed by atoms with van der Waals surface area (Å²) in [7, 11) is 0. The van der Waals surface area contributed by atoms with Crippen LogP contribution in [0.3, 0.4) is 0 Å². The maximum absolute atomic E-state index is 6.31. The van der Waals surface area contributed by atoms with Crippen molar-refractivity contribution in [3.05, 3.63) is 58.6 Å². The number of nitrogens with one attached hydrogen (secondary N) is 1. The van der Waals surface area contributed by atoms with Crippen molar-refractivity contribution < 1.29 is 0 Å². The Morgan fingerprint density at radius 2 is 1.83 bits per heavy atom. The van der Waals surface area contributed by atoms with Crippen molar-refractivity contribution in [2.24, 2.45) is 0 Å².